The number of nitrogens with zero attached hydrogens (tertiary/aromatic N) is 3. The lowest BCUT2D eigenvalue weighted by Gasteiger charge is -2.17. The molecule has 0 aliphatic heterocycles. The molecule has 2 aromatic rings. The van der Waals surface area contributed by atoms with Crippen LogP contribution in [0.5, 0.6) is 0 Å². The predicted octanol–water partition coefficient (Wildman–Crippen LogP) is 2.42. The first-order chi connectivity index (χ1) is 9.13. The summed E-state index contributed by atoms with van der Waals surface area (Å²) >= 11 is 0. The van der Waals surface area contributed by atoms with Crippen LogP contribution in [0.25, 0.3) is 0 Å². The fourth-order valence-corrected chi connectivity index (χ4v) is 2.42. The summed E-state index contributed by atoms with van der Waals surface area (Å²) in [6.07, 6.45) is 2.81. The summed E-state index contributed by atoms with van der Waals surface area (Å²) in [4.78, 5) is 4.26. The van der Waals surface area contributed by atoms with Crippen LogP contribution in [0.15, 0.2) is 24.4 Å². The van der Waals surface area contributed by atoms with Gasteiger partial charge in [-0.3, -0.25) is 9.67 Å². The Labute approximate surface area is 114 Å². The van der Waals surface area contributed by atoms with Gasteiger partial charge in [-0.25, -0.2) is 0 Å². The predicted molar refractivity (Wildman–Crippen MR) is 77.1 cm³/mol. The third-order valence-corrected chi connectivity index (χ3v) is 3.37. The third kappa shape index (κ3) is 3.20. The van der Waals surface area contributed by atoms with Gasteiger partial charge in [-0.1, -0.05) is 0 Å². The van der Waals surface area contributed by atoms with Crippen molar-refractivity contribution in [2.75, 3.05) is 7.05 Å². The number of aryl methyl sites for hydroxylation is 3. The van der Waals surface area contributed by atoms with Gasteiger partial charge in [-0.15, -0.1) is 0 Å². The minimum atomic E-state index is 0.295. The highest BCUT2D eigenvalue weighted by atomic mass is 15.3. The van der Waals surface area contributed by atoms with Crippen molar-refractivity contribution in [3.8, 4) is 0 Å². The van der Waals surface area contributed by atoms with Crippen molar-refractivity contribution < 1.29 is 0 Å². The largest absolute Gasteiger partial charge is 0.313 e. The Bertz CT molecular complexity index is 545. The highest BCUT2D eigenvalue weighted by Crippen LogP contribution is 2.19. The lowest BCUT2D eigenvalue weighted by molar-refractivity contribution is 0.540. The van der Waals surface area contributed by atoms with Gasteiger partial charge in [-0.2, -0.15) is 5.10 Å². The molecule has 19 heavy (non-hydrogen) atoms. The van der Waals surface area contributed by atoms with Crippen molar-refractivity contribution in [2.45, 2.75) is 39.8 Å². The number of hydrogen-bond donors (Lipinski definition) is 1. The number of nitrogens with one attached hydrogen (secondary N) is 1. The second-order valence-electron chi connectivity index (χ2n) is 4.87. The van der Waals surface area contributed by atoms with E-state index in [1.165, 1.54) is 11.3 Å². The summed E-state index contributed by atoms with van der Waals surface area (Å²) < 4.78 is 2.08. The van der Waals surface area contributed by atoms with Gasteiger partial charge < -0.3 is 5.32 Å². The number of rotatable bonds is 5. The molecule has 0 radical (unpaired) electrons. The SMILES string of the molecule is CCn1nc(C)cc1CC(NC)c1ccnc(C)c1. The van der Waals surface area contributed by atoms with Gasteiger partial charge in [0.05, 0.1) is 5.69 Å². The molecular weight excluding hydrogens is 236 g/mol. The Kier molecular flexibility index (Phi) is 4.32. The van der Waals surface area contributed by atoms with E-state index in [1.54, 1.807) is 0 Å². The fourth-order valence-electron chi connectivity index (χ4n) is 2.42. The Morgan fingerprint density at radius 3 is 2.68 bits per heavy atom. The Balaban J connectivity index is 2.23. The zero-order valence-electron chi connectivity index (χ0n) is 12.1. The van der Waals surface area contributed by atoms with Crippen molar-refractivity contribution in [3.63, 3.8) is 0 Å². The third-order valence-electron chi connectivity index (χ3n) is 3.37. The molecule has 0 aliphatic rings. The quantitative estimate of drug-likeness (QED) is 0.895. The van der Waals surface area contributed by atoms with E-state index in [-0.39, 0.29) is 0 Å². The molecular formula is C15H22N4. The van der Waals surface area contributed by atoms with E-state index < -0.39 is 0 Å². The molecule has 0 aromatic carbocycles. The molecule has 1 atom stereocenters. The van der Waals surface area contributed by atoms with Crippen LogP contribution in [0.4, 0.5) is 0 Å². The van der Waals surface area contributed by atoms with Crippen molar-refractivity contribution >= 4 is 0 Å². The zero-order chi connectivity index (χ0) is 13.8. The van der Waals surface area contributed by atoms with Gasteiger partial charge in [0, 0.05) is 36.6 Å². The summed E-state index contributed by atoms with van der Waals surface area (Å²) in [6.45, 7) is 7.10. The molecule has 0 bridgehead atoms. The van der Waals surface area contributed by atoms with Gasteiger partial charge in [0.25, 0.3) is 0 Å². The molecule has 0 saturated carbocycles. The molecule has 1 N–H and O–H groups in total. The topological polar surface area (TPSA) is 42.7 Å². The molecule has 1 unspecified atom stereocenters. The number of likely N-dealkylation sites (N-methyl/N-ethyl adjacent to an activating group) is 1. The second-order valence-corrected chi connectivity index (χ2v) is 4.87. The van der Waals surface area contributed by atoms with E-state index in [1.807, 2.05) is 27.1 Å². The van der Waals surface area contributed by atoms with Gasteiger partial charge >= 0.3 is 0 Å². The minimum absolute atomic E-state index is 0.295. The summed E-state index contributed by atoms with van der Waals surface area (Å²) in [5.41, 5.74) is 4.68. The van der Waals surface area contributed by atoms with Crippen LogP contribution in [-0.4, -0.2) is 21.8 Å². The van der Waals surface area contributed by atoms with Crippen LogP contribution in [0, 0.1) is 13.8 Å². The summed E-state index contributed by atoms with van der Waals surface area (Å²) in [5.74, 6) is 0. The Hall–Kier alpha value is -1.68. The standard InChI is InChI=1S/C15H22N4/c1-5-19-14(9-12(3)18-19)10-15(16-4)13-6-7-17-11(2)8-13/h6-9,15-16H,5,10H2,1-4H3. The number of aromatic nitrogens is 3. The molecule has 0 fully saturated rings. The Morgan fingerprint density at radius 2 is 2.05 bits per heavy atom. The molecule has 4 heteroatoms. The highest BCUT2D eigenvalue weighted by molar-refractivity contribution is 5.22. The summed E-state index contributed by atoms with van der Waals surface area (Å²) in [7, 11) is 2.00. The molecule has 4 nitrogen and oxygen atoms in total. The average molecular weight is 258 g/mol. The van der Waals surface area contributed by atoms with Gasteiger partial charge in [0.2, 0.25) is 0 Å². The van der Waals surface area contributed by atoms with Crippen LogP contribution < -0.4 is 5.32 Å². The van der Waals surface area contributed by atoms with Crippen LogP contribution in [0.3, 0.4) is 0 Å². The van der Waals surface area contributed by atoms with Crippen molar-refractivity contribution in [1.29, 1.82) is 0 Å². The molecule has 0 spiro atoms. The molecule has 0 aliphatic carbocycles. The first-order valence-corrected chi connectivity index (χ1v) is 6.77. The molecule has 2 heterocycles. The number of pyridine rings is 1. The highest BCUT2D eigenvalue weighted by Gasteiger charge is 2.14. The minimum Gasteiger partial charge on any atom is -0.313 e. The first kappa shape index (κ1) is 13.7. The summed E-state index contributed by atoms with van der Waals surface area (Å²) in [6, 6.07) is 6.68. The summed E-state index contributed by atoms with van der Waals surface area (Å²) in [5, 5.41) is 7.89. The Morgan fingerprint density at radius 1 is 1.26 bits per heavy atom. The van der Waals surface area contributed by atoms with E-state index in [0.29, 0.717) is 6.04 Å². The van der Waals surface area contributed by atoms with Crippen LogP contribution in [0.1, 0.15) is 35.6 Å². The van der Waals surface area contributed by atoms with Gasteiger partial charge in [0.1, 0.15) is 0 Å². The maximum atomic E-state index is 4.50. The lowest BCUT2D eigenvalue weighted by Crippen LogP contribution is -2.20. The normalized spacial score (nSPS) is 12.6. The molecule has 0 amide bonds. The molecule has 2 rings (SSSR count). The zero-order valence-corrected chi connectivity index (χ0v) is 12.1. The van der Waals surface area contributed by atoms with E-state index in [4.69, 9.17) is 0 Å². The van der Waals surface area contributed by atoms with Gasteiger partial charge in [0.15, 0.2) is 0 Å². The van der Waals surface area contributed by atoms with Crippen LogP contribution in [-0.2, 0) is 13.0 Å². The lowest BCUT2D eigenvalue weighted by atomic mass is 10.0. The maximum Gasteiger partial charge on any atom is 0.0596 e. The van der Waals surface area contributed by atoms with Crippen molar-refractivity contribution in [2.24, 2.45) is 0 Å². The smallest absolute Gasteiger partial charge is 0.0596 e. The monoisotopic (exact) mass is 258 g/mol. The molecule has 2 aromatic heterocycles. The van der Waals surface area contributed by atoms with Crippen LogP contribution >= 0.6 is 0 Å². The second kappa shape index (κ2) is 5.97. The van der Waals surface area contributed by atoms with Gasteiger partial charge in [-0.05, 0) is 51.6 Å². The number of hydrogen-bond acceptors (Lipinski definition) is 3. The average Bonchev–Trinajstić information content (AvgIpc) is 2.76. The van der Waals surface area contributed by atoms with E-state index in [9.17, 15) is 0 Å². The molecule has 102 valence electrons. The maximum absolute atomic E-state index is 4.50. The molecule has 0 saturated heterocycles. The van der Waals surface area contributed by atoms with Crippen molar-refractivity contribution in [1.82, 2.24) is 20.1 Å². The first-order valence-electron chi connectivity index (χ1n) is 6.77. The van der Waals surface area contributed by atoms with Crippen LogP contribution in [0.2, 0.25) is 0 Å². The van der Waals surface area contributed by atoms with E-state index in [0.717, 1.165) is 24.4 Å². The van der Waals surface area contributed by atoms with Crippen molar-refractivity contribution in [3.05, 3.63) is 47.0 Å². The van der Waals surface area contributed by atoms with E-state index >= 15 is 0 Å². The fraction of sp³-hybridized carbons (Fsp3) is 0.467. The van der Waals surface area contributed by atoms with E-state index in [2.05, 4.69) is 45.2 Å².